The van der Waals surface area contributed by atoms with E-state index < -0.39 is 0 Å². The predicted molar refractivity (Wildman–Crippen MR) is 108 cm³/mol. The fourth-order valence-corrected chi connectivity index (χ4v) is 3.06. The van der Waals surface area contributed by atoms with Crippen molar-refractivity contribution >= 4 is 11.8 Å². The van der Waals surface area contributed by atoms with E-state index in [2.05, 4.69) is 15.6 Å². The summed E-state index contributed by atoms with van der Waals surface area (Å²) in [5.41, 5.74) is 4.74. The number of aromatic nitrogens is 2. The minimum atomic E-state index is -0.246. The SMILES string of the molecule is Cc1cc(C)cc(C(=O)NCC(=O)NCc2cccc(Cn3ccnc3)c2)c1. The normalized spacial score (nSPS) is 10.5. The summed E-state index contributed by atoms with van der Waals surface area (Å²) in [5, 5.41) is 5.51. The molecule has 6 nitrogen and oxygen atoms in total. The molecule has 0 aliphatic carbocycles. The number of hydrogen-bond acceptors (Lipinski definition) is 3. The zero-order valence-electron chi connectivity index (χ0n) is 16.1. The van der Waals surface area contributed by atoms with Gasteiger partial charge in [-0.1, -0.05) is 41.5 Å². The van der Waals surface area contributed by atoms with Crippen LogP contribution in [0.1, 0.15) is 32.6 Å². The lowest BCUT2D eigenvalue weighted by Crippen LogP contribution is -2.36. The highest BCUT2D eigenvalue weighted by Crippen LogP contribution is 2.09. The third-order valence-corrected chi connectivity index (χ3v) is 4.30. The van der Waals surface area contributed by atoms with Crippen LogP contribution in [0.15, 0.2) is 61.2 Å². The van der Waals surface area contributed by atoms with Gasteiger partial charge in [0.25, 0.3) is 5.91 Å². The summed E-state index contributed by atoms with van der Waals surface area (Å²) in [5.74, 6) is -0.470. The number of amides is 2. The van der Waals surface area contributed by atoms with Crippen LogP contribution in [0.2, 0.25) is 0 Å². The molecular weight excluding hydrogens is 352 g/mol. The van der Waals surface area contributed by atoms with E-state index in [9.17, 15) is 9.59 Å². The third-order valence-electron chi connectivity index (χ3n) is 4.30. The molecule has 0 fully saturated rings. The molecule has 0 unspecified atom stereocenters. The minimum Gasteiger partial charge on any atom is -0.350 e. The van der Waals surface area contributed by atoms with Gasteiger partial charge < -0.3 is 15.2 Å². The quantitative estimate of drug-likeness (QED) is 0.665. The summed E-state index contributed by atoms with van der Waals surface area (Å²) in [6.45, 7) is 4.97. The Morgan fingerprint density at radius 2 is 1.75 bits per heavy atom. The number of imidazole rings is 1. The molecule has 3 aromatic rings. The third kappa shape index (κ3) is 5.54. The maximum atomic E-state index is 12.2. The molecule has 0 saturated carbocycles. The average molecular weight is 376 g/mol. The summed E-state index contributed by atoms with van der Waals surface area (Å²) in [4.78, 5) is 28.4. The fraction of sp³-hybridized carbons (Fsp3) is 0.227. The number of carbonyl (C=O) groups excluding carboxylic acids is 2. The first-order valence-corrected chi connectivity index (χ1v) is 9.16. The summed E-state index contributed by atoms with van der Waals surface area (Å²) in [7, 11) is 0. The van der Waals surface area contributed by atoms with Crippen molar-refractivity contribution in [2.45, 2.75) is 26.9 Å². The number of nitrogens with one attached hydrogen (secondary N) is 2. The van der Waals surface area contributed by atoms with Crippen LogP contribution in [0.5, 0.6) is 0 Å². The van der Waals surface area contributed by atoms with Crippen molar-refractivity contribution in [3.63, 3.8) is 0 Å². The van der Waals surface area contributed by atoms with Crippen LogP contribution in [0.3, 0.4) is 0 Å². The Balaban J connectivity index is 1.48. The van der Waals surface area contributed by atoms with Gasteiger partial charge >= 0.3 is 0 Å². The van der Waals surface area contributed by atoms with Gasteiger partial charge in [0.05, 0.1) is 12.9 Å². The van der Waals surface area contributed by atoms with Crippen molar-refractivity contribution in [2.75, 3.05) is 6.54 Å². The highest BCUT2D eigenvalue weighted by atomic mass is 16.2. The highest BCUT2D eigenvalue weighted by Gasteiger charge is 2.09. The molecule has 6 heteroatoms. The molecule has 0 bridgehead atoms. The van der Waals surface area contributed by atoms with Crippen LogP contribution in [0.4, 0.5) is 0 Å². The Labute approximate surface area is 164 Å². The standard InChI is InChI=1S/C22H24N4O2/c1-16-8-17(2)10-20(9-16)22(28)25-13-21(27)24-12-18-4-3-5-19(11-18)14-26-7-6-23-15-26/h3-11,15H,12-14H2,1-2H3,(H,24,27)(H,25,28). The van der Waals surface area contributed by atoms with Gasteiger partial charge in [0.1, 0.15) is 0 Å². The first-order valence-electron chi connectivity index (χ1n) is 9.16. The molecule has 0 atom stereocenters. The number of nitrogens with zero attached hydrogens (tertiary/aromatic N) is 2. The zero-order chi connectivity index (χ0) is 19.9. The van der Waals surface area contributed by atoms with Gasteiger partial charge in [-0.25, -0.2) is 4.98 Å². The molecule has 0 aliphatic rings. The van der Waals surface area contributed by atoms with E-state index in [4.69, 9.17) is 0 Å². The van der Waals surface area contributed by atoms with E-state index in [0.29, 0.717) is 12.1 Å². The number of carbonyl (C=O) groups is 2. The predicted octanol–water partition coefficient (Wildman–Crippen LogP) is 2.59. The molecule has 0 aliphatic heterocycles. The van der Waals surface area contributed by atoms with Gasteiger partial charge in [0.15, 0.2) is 0 Å². The Bertz CT molecular complexity index is 944. The van der Waals surface area contributed by atoms with Crippen molar-refractivity contribution in [1.82, 2.24) is 20.2 Å². The summed E-state index contributed by atoms with van der Waals surface area (Å²) in [6, 6.07) is 13.6. The second kappa shape index (κ2) is 8.99. The maximum absolute atomic E-state index is 12.2. The molecule has 2 N–H and O–H groups in total. The summed E-state index contributed by atoms with van der Waals surface area (Å²) >= 11 is 0. The molecule has 144 valence electrons. The minimum absolute atomic E-state index is 0.0550. The van der Waals surface area contributed by atoms with Crippen molar-refractivity contribution in [3.05, 3.63) is 89.0 Å². The second-order valence-electron chi connectivity index (χ2n) is 6.89. The molecule has 0 saturated heterocycles. The molecule has 0 spiro atoms. The van der Waals surface area contributed by atoms with E-state index in [1.807, 2.05) is 67.1 Å². The zero-order valence-corrected chi connectivity index (χ0v) is 16.1. The largest absolute Gasteiger partial charge is 0.350 e. The molecule has 1 heterocycles. The van der Waals surface area contributed by atoms with Crippen LogP contribution in [0, 0.1) is 13.8 Å². The molecule has 2 amide bonds. The van der Waals surface area contributed by atoms with Crippen LogP contribution < -0.4 is 10.6 Å². The van der Waals surface area contributed by atoms with Crippen LogP contribution >= 0.6 is 0 Å². The van der Waals surface area contributed by atoms with Gasteiger partial charge in [0.2, 0.25) is 5.91 Å². The number of hydrogen-bond donors (Lipinski definition) is 2. The number of benzene rings is 2. The molecule has 3 rings (SSSR count). The summed E-state index contributed by atoms with van der Waals surface area (Å²) in [6.07, 6.45) is 5.43. The van der Waals surface area contributed by atoms with Crippen LogP contribution in [-0.2, 0) is 17.9 Å². The van der Waals surface area contributed by atoms with Gasteiger partial charge in [-0.15, -0.1) is 0 Å². The van der Waals surface area contributed by atoms with Crippen LogP contribution in [0.25, 0.3) is 0 Å². The van der Waals surface area contributed by atoms with Gasteiger partial charge in [-0.2, -0.15) is 0 Å². The molecule has 28 heavy (non-hydrogen) atoms. The van der Waals surface area contributed by atoms with Crippen molar-refractivity contribution in [1.29, 1.82) is 0 Å². The Morgan fingerprint density at radius 3 is 2.46 bits per heavy atom. The Kier molecular flexibility index (Phi) is 6.22. The van der Waals surface area contributed by atoms with Gasteiger partial charge in [0, 0.05) is 31.0 Å². The smallest absolute Gasteiger partial charge is 0.251 e. The van der Waals surface area contributed by atoms with E-state index in [0.717, 1.165) is 28.8 Å². The Morgan fingerprint density at radius 1 is 1.00 bits per heavy atom. The molecule has 1 aromatic heterocycles. The van der Waals surface area contributed by atoms with Crippen molar-refractivity contribution in [3.8, 4) is 0 Å². The topological polar surface area (TPSA) is 76.0 Å². The van der Waals surface area contributed by atoms with E-state index >= 15 is 0 Å². The van der Waals surface area contributed by atoms with E-state index in [1.54, 1.807) is 12.5 Å². The first-order chi connectivity index (χ1) is 13.5. The average Bonchev–Trinajstić information content (AvgIpc) is 3.17. The van der Waals surface area contributed by atoms with Crippen molar-refractivity contribution < 1.29 is 9.59 Å². The second-order valence-corrected chi connectivity index (χ2v) is 6.89. The molecule has 0 radical (unpaired) electrons. The lowest BCUT2D eigenvalue weighted by atomic mass is 10.1. The lowest BCUT2D eigenvalue weighted by molar-refractivity contribution is -0.120. The Hall–Kier alpha value is -3.41. The highest BCUT2D eigenvalue weighted by molar-refractivity contribution is 5.96. The maximum Gasteiger partial charge on any atom is 0.251 e. The lowest BCUT2D eigenvalue weighted by Gasteiger charge is -2.09. The van der Waals surface area contributed by atoms with Crippen molar-refractivity contribution in [2.24, 2.45) is 0 Å². The summed E-state index contributed by atoms with van der Waals surface area (Å²) < 4.78 is 1.99. The first kappa shape index (κ1) is 19.4. The van der Waals surface area contributed by atoms with Gasteiger partial charge in [-0.3, -0.25) is 9.59 Å². The monoisotopic (exact) mass is 376 g/mol. The number of aryl methyl sites for hydroxylation is 2. The fourth-order valence-electron chi connectivity index (χ4n) is 3.06. The number of rotatable bonds is 7. The van der Waals surface area contributed by atoms with E-state index in [1.165, 1.54) is 0 Å². The molecular formula is C22H24N4O2. The van der Waals surface area contributed by atoms with Gasteiger partial charge in [-0.05, 0) is 37.1 Å². The van der Waals surface area contributed by atoms with E-state index in [-0.39, 0.29) is 18.4 Å². The molecule has 2 aromatic carbocycles. The van der Waals surface area contributed by atoms with Crippen LogP contribution in [-0.4, -0.2) is 27.9 Å².